The highest BCUT2D eigenvalue weighted by atomic mass is 16.1. The summed E-state index contributed by atoms with van der Waals surface area (Å²) in [5, 5.41) is 2.65. The van der Waals surface area contributed by atoms with Gasteiger partial charge in [-0.15, -0.1) is 0 Å². The molecule has 0 radical (unpaired) electrons. The molecule has 86 valence electrons. The molecule has 0 spiro atoms. The number of nitrogens with one attached hydrogen (secondary N) is 1. The maximum absolute atomic E-state index is 10.4. The van der Waals surface area contributed by atoms with E-state index in [1.54, 1.807) is 0 Å². The number of hydrogen-bond donors (Lipinski definition) is 1. The molecule has 0 fully saturated rings. The van der Waals surface area contributed by atoms with Gasteiger partial charge in [0.2, 0.25) is 6.41 Å². The molecule has 1 unspecified atom stereocenters. The van der Waals surface area contributed by atoms with Crippen LogP contribution in [0.1, 0.15) is 18.5 Å². The van der Waals surface area contributed by atoms with Gasteiger partial charge in [0.1, 0.15) is 5.69 Å². The summed E-state index contributed by atoms with van der Waals surface area (Å²) in [6.45, 7) is 2.13. The van der Waals surface area contributed by atoms with Crippen molar-refractivity contribution in [3.05, 3.63) is 60.4 Å². The molecule has 1 N–H and O–H groups in total. The summed E-state index contributed by atoms with van der Waals surface area (Å²) in [6, 6.07) is 14.3. The zero-order chi connectivity index (χ0) is 12.1. The van der Waals surface area contributed by atoms with Crippen molar-refractivity contribution in [3.8, 4) is 0 Å². The number of nitrogens with zero attached hydrogens (tertiary/aromatic N) is 1. The minimum atomic E-state index is 0.240. The molecule has 1 aromatic carbocycles. The lowest BCUT2D eigenvalue weighted by Gasteiger charge is -2.08. The number of anilines is 1. The third-order valence-corrected chi connectivity index (χ3v) is 2.78. The van der Waals surface area contributed by atoms with Gasteiger partial charge in [-0.25, -0.2) is 0 Å². The fourth-order valence-electron chi connectivity index (χ4n) is 1.79. The predicted octanol–water partition coefficient (Wildman–Crippen LogP) is 2.15. The Hall–Kier alpha value is -2.16. The van der Waals surface area contributed by atoms with Crippen LogP contribution >= 0.6 is 0 Å². The average Bonchev–Trinajstić information content (AvgIpc) is 2.40. The van der Waals surface area contributed by atoms with Crippen molar-refractivity contribution in [1.82, 2.24) is 0 Å². The van der Waals surface area contributed by atoms with Crippen molar-refractivity contribution < 1.29 is 9.36 Å². The van der Waals surface area contributed by atoms with Crippen LogP contribution < -0.4 is 9.88 Å². The van der Waals surface area contributed by atoms with Crippen LogP contribution in [0.3, 0.4) is 0 Å². The van der Waals surface area contributed by atoms with Gasteiger partial charge in [0.05, 0.1) is 0 Å². The number of carbonyl (C=O) groups is 1. The molecule has 0 aliphatic carbocycles. The second-order valence-electron chi connectivity index (χ2n) is 3.89. The fraction of sp³-hybridized carbons (Fsp3) is 0.143. The lowest BCUT2D eigenvalue weighted by Crippen LogP contribution is -2.37. The highest BCUT2D eigenvalue weighted by Crippen LogP contribution is 2.12. The molecule has 1 amide bonds. The molecule has 17 heavy (non-hydrogen) atoms. The minimum Gasteiger partial charge on any atom is -0.324 e. The zero-order valence-electron chi connectivity index (χ0n) is 9.71. The van der Waals surface area contributed by atoms with E-state index in [1.807, 2.05) is 42.7 Å². The Morgan fingerprint density at radius 2 is 1.94 bits per heavy atom. The van der Waals surface area contributed by atoms with E-state index in [2.05, 4.69) is 28.9 Å². The van der Waals surface area contributed by atoms with E-state index in [9.17, 15) is 4.79 Å². The molecule has 0 saturated carbocycles. The van der Waals surface area contributed by atoms with Gasteiger partial charge in [-0.3, -0.25) is 4.79 Å². The first kappa shape index (κ1) is 11.3. The first-order valence-corrected chi connectivity index (χ1v) is 5.57. The highest BCUT2D eigenvalue weighted by molar-refractivity contribution is 5.69. The van der Waals surface area contributed by atoms with E-state index in [1.165, 1.54) is 5.56 Å². The van der Waals surface area contributed by atoms with Crippen LogP contribution in [0.2, 0.25) is 0 Å². The summed E-state index contributed by atoms with van der Waals surface area (Å²) in [6.07, 6.45) is 4.60. The van der Waals surface area contributed by atoms with E-state index in [0.717, 1.165) is 5.69 Å². The van der Waals surface area contributed by atoms with Crippen LogP contribution in [0.4, 0.5) is 5.69 Å². The normalized spacial score (nSPS) is 11.8. The lowest BCUT2D eigenvalue weighted by atomic mass is 10.1. The van der Waals surface area contributed by atoms with Gasteiger partial charge in [0.15, 0.2) is 18.4 Å². The first-order valence-electron chi connectivity index (χ1n) is 5.57. The van der Waals surface area contributed by atoms with E-state index in [4.69, 9.17) is 0 Å². The topological polar surface area (TPSA) is 33.0 Å². The number of carbonyl (C=O) groups excluding carboxylic acids is 1. The quantitative estimate of drug-likeness (QED) is 0.630. The molecular formula is C14H15N2O+. The van der Waals surface area contributed by atoms with E-state index in [-0.39, 0.29) is 6.04 Å². The Bertz CT molecular complexity index is 497. The number of aromatic nitrogens is 1. The zero-order valence-corrected chi connectivity index (χ0v) is 9.71. The Morgan fingerprint density at radius 1 is 1.18 bits per heavy atom. The second-order valence-corrected chi connectivity index (χ2v) is 3.89. The Balaban J connectivity index is 2.27. The summed E-state index contributed by atoms with van der Waals surface area (Å²) >= 11 is 0. The molecule has 3 heteroatoms. The summed E-state index contributed by atoms with van der Waals surface area (Å²) in [7, 11) is 0. The number of amides is 1. The highest BCUT2D eigenvalue weighted by Gasteiger charge is 2.14. The minimum absolute atomic E-state index is 0.240. The number of pyridine rings is 1. The molecule has 2 aromatic rings. The SMILES string of the molecule is CC(c1ccccc1)[n+]1cccc(NC=O)c1. The van der Waals surface area contributed by atoms with E-state index in [0.29, 0.717) is 6.41 Å². The summed E-state index contributed by atoms with van der Waals surface area (Å²) in [4.78, 5) is 10.4. The summed E-state index contributed by atoms with van der Waals surface area (Å²) in [5.41, 5.74) is 2.03. The van der Waals surface area contributed by atoms with Gasteiger partial charge in [-0.2, -0.15) is 4.57 Å². The second kappa shape index (κ2) is 5.25. The van der Waals surface area contributed by atoms with Crippen LogP contribution in [-0.2, 0) is 4.79 Å². The van der Waals surface area contributed by atoms with Gasteiger partial charge < -0.3 is 5.32 Å². The number of rotatable bonds is 4. The van der Waals surface area contributed by atoms with Crippen LogP contribution in [0.25, 0.3) is 0 Å². The Morgan fingerprint density at radius 3 is 2.65 bits per heavy atom. The molecule has 0 aliphatic rings. The molecule has 0 bridgehead atoms. The van der Waals surface area contributed by atoms with Crippen molar-refractivity contribution >= 4 is 12.1 Å². The summed E-state index contributed by atoms with van der Waals surface area (Å²) in [5.74, 6) is 0. The van der Waals surface area contributed by atoms with Crippen LogP contribution in [-0.4, -0.2) is 6.41 Å². The Kier molecular flexibility index (Phi) is 3.50. The van der Waals surface area contributed by atoms with Crippen LogP contribution in [0.5, 0.6) is 0 Å². The fourth-order valence-corrected chi connectivity index (χ4v) is 1.79. The first-order chi connectivity index (χ1) is 8.31. The molecule has 0 aliphatic heterocycles. The van der Waals surface area contributed by atoms with E-state index >= 15 is 0 Å². The van der Waals surface area contributed by atoms with Crippen molar-refractivity contribution in [1.29, 1.82) is 0 Å². The smallest absolute Gasteiger partial charge is 0.211 e. The van der Waals surface area contributed by atoms with Gasteiger partial charge in [0, 0.05) is 18.6 Å². The van der Waals surface area contributed by atoms with Gasteiger partial charge in [-0.1, -0.05) is 30.3 Å². The largest absolute Gasteiger partial charge is 0.324 e. The van der Waals surface area contributed by atoms with Gasteiger partial charge >= 0.3 is 0 Å². The number of hydrogen-bond acceptors (Lipinski definition) is 1. The summed E-state index contributed by atoms with van der Waals surface area (Å²) < 4.78 is 2.07. The van der Waals surface area contributed by atoms with E-state index < -0.39 is 0 Å². The molecule has 2 rings (SSSR count). The van der Waals surface area contributed by atoms with Gasteiger partial charge in [0.25, 0.3) is 0 Å². The molecule has 1 atom stereocenters. The third-order valence-electron chi connectivity index (χ3n) is 2.78. The third kappa shape index (κ3) is 2.69. The van der Waals surface area contributed by atoms with Crippen molar-refractivity contribution in [2.24, 2.45) is 0 Å². The average molecular weight is 227 g/mol. The van der Waals surface area contributed by atoms with Crippen molar-refractivity contribution in [3.63, 3.8) is 0 Å². The monoisotopic (exact) mass is 227 g/mol. The number of benzene rings is 1. The molecule has 1 aromatic heterocycles. The maximum Gasteiger partial charge on any atom is 0.211 e. The maximum atomic E-state index is 10.4. The van der Waals surface area contributed by atoms with Crippen LogP contribution in [0, 0.1) is 0 Å². The van der Waals surface area contributed by atoms with Crippen molar-refractivity contribution in [2.75, 3.05) is 5.32 Å². The lowest BCUT2D eigenvalue weighted by molar-refractivity contribution is -0.709. The molecule has 0 saturated heterocycles. The predicted molar refractivity (Wildman–Crippen MR) is 66.6 cm³/mol. The van der Waals surface area contributed by atoms with Crippen molar-refractivity contribution in [2.45, 2.75) is 13.0 Å². The molecule has 3 nitrogen and oxygen atoms in total. The standard InChI is InChI=1S/C14H14N2O/c1-12(13-6-3-2-4-7-13)16-9-5-8-14(10-16)15-11-17/h2-12H,1H3/p+1. The van der Waals surface area contributed by atoms with Gasteiger partial charge in [-0.05, 0) is 6.07 Å². The Labute approximate surface area is 101 Å². The molecular weight excluding hydrogens is 212 g/mol. The molecule has 1 heterocycles. The van der Waals surface area contributed by atoms with Crippen LogP contribution in [0.15, 0.2) is 54.9 Å².